The van der Waals surface area contributed by atoms with Crippen LogP contribution < -0.4 is 4.90 Å². The van der Waals surface area contributed by atoms with E-state index in [-0.39, 0.29) is 6.04 Å². The Kier molecular flexibility index (Phi) is 3.51. The number of rotatable bonds is 3. The lowest BCUT2D eigenvalue weighted by Gasteiger charge is -2.41. The van der Waals surface area contributed by atoms with Crippen LogP contribution in [0.25, 0.3) is 17.1 Å². The minimum atomic E-state index is 0.193. The molecule has 5 rings (SSSR count). The predicted octanol–water partition coefficient (Wildman–Crippen LogP) is 2.97. The molecule has 1 N–H and O–H groups in total. The van der Waals surface area contributed by atoms with Gasteiger partial charge in [0.25, 0.3) is 0 Å². The van der Waals surface area contributed by atoms with Gasteiger partial charge < -0.3 is 4.90 Å². The van der Waals surface area contributed by atoms with Gasteiger partial charge in [0.05, 0.1) is 24.0 Å². The van der Waals surface area contributed by atoms with E-state index in [9.17, 15) is 0 Å². The molecule has 2 aliphatic rings. The highest BCUT2D eigenvalue weighted by Gasteiger charge is 2.39. The lowest BCUT2D eigenvalue weighted by atomic mass is 10.0. The van der Waals surface area contributed by atoms with Gasteiger partial charge in [0.2, 0.25) is 0 Å². The molecule has 1 fully saturated rings. The van der Waals surface area contributed by atoms with Crippen LogP contribution in [0.5, 0.6) is 0 Å². The second-order valence-corrected chi connectivity index (χ2v) is 7.10. The molecular weight excluding hydrogens is 328 g/mol. The van der Waals surface area contributed by atoms with Gasteiger partial charge in [-0.25, -0.2) is 9.97 Å². The summed E-state index contributed by atoms with van der Waals surface area (Å²) in [5.41, 5.74) is 1.88. The molecule has 0 amide bonds. The second-order valence-electron chi connectivity index (χ2n) is 7.10. The Bertz CT molecular complexity index is 923. The first-order valence-electron chi connectivity index (χ1n) is 9.34. The summed E-state index contributed by atoms with van der Waals surface area (Å²) in [6.45, 7) is 4.20. The molecule has 1 aliphatic heterocycles. The van der Waals surface area contributed by atoms with Crippen molar-refractivity contribution in [2.24, 2.45) is 0 Å². The number of aromatic amines is 1. The fourth-order valence-electron chi connectivity index (χ4n) is 4.38. The summed E-state index contributed by atoms with van der Waals surface area (Å²) in [5, 5.41) is 15.7. The monoisotopic (exact) mass is 350 g/mol. The molecule has 0 spiro atoms. The summed E-state index contributed by atoms with van der Waals surface area (Å²) in [5.74, 6) is 3.57. The zero-order valence-electron chi connectivity index (χ0n) is 15.1. The van der Waals surface area contributed by atoms with Crippen LogP contribution in [0.15, 0.2) is 18.6 Å². The molecule has 4 heterocycles. The SMILES string of the molecule is CC[C@@H]1c2nnc(C)n2-c2cnc(-c3cn[nH]c3)nc2N1C1CCCC1. The average molecular weight is 350 g/mol. The lowest BCUT2D eigenvalue weighted by Crippen LogP contribution is -2.42. The Morgan fingerprint density at radius 3 is 2.77 bits per heavy atom. The van der Waals surface area contributed by atoms with Crippen molar-refractivity contribution in [3.63, 3.8) is 0 Å². The van der Waals surface area contributed by atoms with Crippen LogP contribution in [0.2, 0.25) is 0 Å². The van der Waals surface area contributed by atoms with Gasteiger partial charge in [0.1, 0.15) is 11.5 Å². The highest BCUT2D eigenvalue weighted by atomic mass is 15.4. The second kappa shape index (κ2) is 5.89. The van der Waals surface area contributed by atoms with E-state index in [1.807, 2.05) is 19.3 Å². The molecule has 8 heteroatoms. The van der Waals surface area contributed by atoms with Gasteiger partial charge in [-0.1, -0.05) is 19.8 Å². The van der Waals surface area contributed by atoms with Crippen molar-refractivity contribution in [2.45, 2.75) is 58.0 Å². The molecule has 0 saturated heterocycles. The molecule has 3 aromatic rings. The molecular formula is C18H22N8. The third kappa shape index (κ3) is 2.17. The molecule has 8 nitrogen and oxygen atoms in total. The lowest BCUT2D eigenvalue weighted by molar-refractivity contribution is 0.468. The molecule has 0 aromatic carbocycles. The van der Waals surface area contributed by atoms with Crippen LogP contribution >= 0.6 is 0 Å². The van der Waals surface area contributed by atoms with Crippen molar-refractivity contribution in [3.8, 4) is 17.1 Å². The van der Waals surface area contributed by atoms with E-state index in [0.29, 0.717) is 11.9 Å². The van der Waals surface area contributed by atoms with E-state index >= 15 is 0 Å². The highest BCUT2D eigenvalue weighted by molar-refractivity contribution is 5.66. The third-order valence-corrected chi connectivity index (χ3v) is 5.58. The zero-order valence-corrected chi connectivity index (χ0v) is 15.1. The maximum Gasteiger partial charge on any atom is 0.164 e. The Labute approximate surface area is 151 Å². The zero-order chi connectivity index (χ0) is 17.7. The minimum Gasteiger partial charge on any atom is -0.342 e. The van der Waals surface area contributed by atoms with E-state index in [1.54, 1.807) is 6.20 Å². The van der Waals surface area contributed by atoms with E-state index in [2.05, 4.69) is 41.8 Å². The van der Waals surface area contributed by atoms with Gasteiger partial charge in [-0.3, -0.25) is 9.67 Å². The van der Waals surface area contributed by atoms with Gasteiger partial charge in [-0.05, 0) is 26.2 Å². The van der Waals surface area contributed by atoms with Gasteiger partial charge in [0.15, 0.2) is 17.5 Å². The first kappa shape index (κ1) is 15.5. The summed E-state index contributed by atoms with van der Waals surface area (Å²) in [4.78, 5) is 12.1. The number of anilines is 1. The van der Waals surface area contributed by atoms with E-state index in [0.717, 1.165) is 35.1 Å². The van der Waals surface area contributed by atoms with Crippen LogP contribution in [-0.2, 0) is 0 Å². The number of nitrogens with one attached hydrogen (secondary N) is 1. The van der Waals surface area contributed by atoms with Crippen molar-refractivity contribution in [1.82, 2.24) is 34.9 Å². The topological polar surface area (TPSA) is 88.4 Å². The number of aromatic nitrogens is 7. The molecule has 0 radical (unpaired) electrons. The quantitative estimate of drug-likeness (QED) is 0.781. The number of hydrogen-bond donors (Lipinski definition) is 1. The molecule has 134 valence electrons. The van der Waals surface area contributed by atoms with Crippen LogP contribution in [0.1, 0.15) is 56.7 Å². The summed E-state index contributed by atoms with van der Waals surface area (Å²) in [7, 11) is 0. The standard InChI is InChI=1S/C18H22N8/c1-3-14-18-24-23-11(2)25(18)15-10-19-16(12-8-20-21-9-12)22-17(15)26(14)13-6-4-5-7-13/h8-10,13-14H,3-7H2,1-2H3,(H,20,21)/t14-/m1/s1. The number of aryl methyl sites for hydroxylation is 1. The summed E-state index contributed by atoms with van der Waals surface area (Å²) >= 11 is 0. The van der Waals surface area contributed by atoms with E-state index in [1.165, 1.54) is 25.7 Å². The van der Waals surface area contributed by atoms with E-state index < -0.39 is 0 Å². The maximum atomic E-state index is 4.98. The van der Waals surface area contributed by atoms with Crippen molar-refractivity contribution in [2.75, 3.05) is 4.90 Å². The van der Waals surface area contributed by atoms with Gasteiger partial charge in [0, 0.05) is 12.2 Å². The van der Waals surface area contributed by atoms with Crippen LogP contribution in [0.3, 0.4) is 0 Å². The summed E-state index contributed by atoms with van der Waals surface area (Å²) < 4.78 is 2.12. The van der Waals surface area contributed by atoms with Crippen LogP contribution in [0, 0.1) is 6.92 Å². The predicted molar refractivity (Wildman–Crippen MR) is 97.0 cm³/mol. The first-order valence-corrected chi connectivity index (χ1v) is 9.34. The van der Waals surface area contributed by atoms with Gasteiger partial charge in [-0.2, -0.15) is 5.10 Å². The van der Waals surface area contributed by atoms with Gasteiger partial charge >= 0.3 is 0 Å². The number of nitrogens with zero attached hydrogens (tertiary/aromatic N) is 7. The molecule has 26 heavy (non-hydrogen) atoms. The van der Waals surface area contributed by atoms with Crippen LogP contribution in [0.4, 0.5) is 5.82 Å². The first-order chi connectivity index (χ1) is 12.8. The number of fused-ring (bicyclic) bond motifs is 3. The third-order valence-electron chi connectivity index (χ3n) is 5.58. The molecule has 0 unspecified atom stereocenters. The Hall–Kier alpha value is -2.77. The molecule has 3 aromatic heterocycles. The van der Waals surface area contributed by atoms with Gasteiger partial charge in [-0.15, -0.1) is 10.2 Å². The minimum absolute atomic E-state index is 0.193. The fraction of sp³-hybridized carbons (Fsp3) is 0.500. The van der Waals surface area contributed by atoms with Crippen molar-refractivity contribution in [3.05, 3.63) is 30.2 Å². The van der Waals surface area contributed by atoms with E-state index in [4.69, 9.17) is 4.98 Å². The van der Waals surface area contributed by atoms with Crippen LogP contribution in [-0.4, -0.2) is 41.0 Å². The largest absolute Gasteiger partial charge is 0.342 e. The summed E-state index contributed by atoms with van der Waals surface area (Å²) in [6, 6.07) is 0.690. The molecule has 1 saturated carbocycles. The molecule has 1 atom stereocenters. The van der Waals surface area contributed by atoms with Crippen molar-refractivity contribution in [1.29, 1.82) is 0 Å². The fourth-order valence-corrected chi connectivity index (χ4v) is 4.38. The summed E-state index contributed by atoms with van der Waals surface area (Å²) in [6.07, 6.45) is 11.4. The average Bonchev–Trinajstić information content (AvgIpc) is 3.42. The number of H-pyrrole nitrogens is 1. The Balaban J connectivity index is 1.73. The molecule has 0 bridgehead atoms. The molecule has 1 aliphatic carbocycles. The highest BCUT2D eigenvalue weighted by Crippen LogP contribution is 2.43. The smallest absolute Gasteiger partial charge is 0.164 e. The normalized spacial score (nSPS) is 19.6. The Morgan fingerprint density at radius 1 is 1.19 bits per heavy atom. The number of hydrogen-bond acceptors (Lipinski definition) is 6. The van der Waals surface area contributed by atoms with Crippen molar-refractivity contribution < 1.29 is 0 Å². The maximum absolute atomic E-state index is 4.98. The Morgan fingerprint density at radius 2 is 2.04 bits per heavy atom. The van der Waals surface area contributed by atoms with Crippen molar-refractivity contribution >= 4 is 5.82 Å².